The summed E-state index contributed by atoms with van der Waals surface area (Å²) in [6.07, 6.45) is 1.66. The number of anilines is 1. The van der Waals surface area contributed by atoms with Crippen molar-refractivity contribution in [1.29, 1.82) is 0 Å². The Morgan fingerprint density at radius 2 is 2.24 bits per heavy atom. The van der Waals surface area contributed by atoms with Crippen LogP contribution in [0.15, 0.2) is 36.5 Å². The quantitative estimate of drug-likeness (QED) is 0.651. The average Bonchev–Trinajstić information content (AvgIpc) is 2.47. The third kappa shape index (κ3) is 3.82. The van der Waals surface area contributed by atoms with E-state index in [4.69, 9.17) is 16.3 Å². The van der Waals surface area contributed by atoms with Gasteiger partial charge in [0.05, 0.1) is 22.2 Å². The van der Waals surface area contributed by atoms with Gasteiger partial charge in [-0.3, -0.25) is 10.1 Å². The summed E-state index contributed by atoms with van der Waals surface area (Å²) in [5.74, 6) is 0.561. The molecule has 0 aliphatic rings. The van der Waals surface area contributed by atoms with E-state index >= 15 is 0 Å². The summed E-state index contributed by atoms with van der Waals surface area (Å²) in [4.78, 5) is 14.3. The number of hydrogen-bond donors (Lipinski definition) is 1. The van der Waals surface area contributed by atoms with Gasteiger partial charge in [-0.15, -0.1) is 0 Å². The molecule has 0 saturated carbocycles. The molecule has 1 heterocycles. The maximum atomic E-state index is 10.7. The summed E-state index contributed by atoms with van der Waals surface area (Å²) in [5, 5.41) is 14.1. The first kappa shape index (κ1) is 15.1. The van der Waals surface area contributed by atoms with E-state index in [0.717, 1.165) is 5.56 Å². The number of hydrogen-bond acceptors (Lipinski definition) is 5. The van der Waals surface area contributed by atoms with E-state index in [0.29, 0.717) is 29.7 Å². The molecule has 2 aromatic rings. The van der Waals surface area contributed by atoms with Crippen LogP contribution in [0, 0.1) is 10.1 Å². The summed E-state index contributed by atoms with van der Waals surface area (Å²) in [7, 11) is 0. The van der Waals surface area contributed by atoms with Gasteiger partial charge >= 0.3 is 0 Å². The number of non-ortho nitro benzene ring substituents is 1. The number of nitro groups is 1. The van der Waals surface area contributed by atoms with Crippen LogP contribution in [0.25, 0.3) is 0 Å². The van der Waals surface area contributed by atoms with E-state index in [1.54, 1.807) is 12.3 Å². The Kier molecular flexibility index (Phi) is 4.94. The topological polar surface area (TPSA) is 77.3 Å². The normalized spacial score (nSPS) is 10.2. The fourth-order valence-electron chi connectivity index (χ4n) is 1.78. The third-order valence-electron chi connectivity index (χ3n) is 2.76. The lowest BCUT2D eigenvalue weighted by atomic mass is 10.2. The molecular weight excluding hydrogens is 294 g/mol. The minimum Gasteiger partial charge on any atom is -0.478 e. The van der Waals surface area contributed by atoms with Crippen molar-refractivity contribution < 1.29 is 9.66 Å². The van der Waals surface area contributed by atoms with E-state index in [2.05, 4.69) is 10.3 Å². The molecule has 110 valence electrons. The molecule has 0 atom stereocenters. The molecule has 1 N–H and O–H groups in total. The molecule has 0 unspecified atom stereocenters. The van der Waals surface area contributed by atoms with Crippen LogP contribution in [0.4, 0.5) is 11.4 Å². The van der Waals surface area contributed by atoms with Crippen molar-refractivity contribution in [3.63, 3.8) is 0 Å². The number of nitro benzene ring substituents is 1. The van der Waals surface area contributed by atoms with Gasteiger partial charge in [0.25, 0.3) is 5.69 Å². The monoisotopic (exact) mass is 307 g/mol. The molecule has 1 aromatic heterocycles. The van der Waals surface area contributed by atoms with Crippen LogP contribution in [0.1, 0.15) is 12.5 Å². The third-order valence-corrected chi connectivity index (χ3v) is 3.08. The number of aromatic nitrogens is 1. The maximum absolute atomic E-state index is 10.7. The summed E-state index contributed by atoms with van der Waals surface area (Å²) in [6.45, 7) is 2.88. The molecule has 7 heteroatoms. The number of nitrogens with one attached hydrogen (secondary N) is 1. The SMILES string of the molecule is CCOc1ncccc1CNc1ccc([N+](=O)[O-])cc1Cl. The summed E-state index contributed by atoms with van der Waals surface area (Å²) < 4.78 is 5.43. The number of benzene rings is 1. The van der Waals surface area contributed by atoms with Crippen molar-refractivity contribution in [2.45, 2.75) is 13.5 Å². The molecule has 0 aliphatic carbocycles. The minimum atomic E-state index is -0.482. The Morgan fingerprint density at radius 1 is 1.43 bits per heavy atom. The van der Waals surface area contributed by atoms with Gasteiger partial charge in [-0.25, -0.2) is 4.98 Å². The highest BCUT2D eigenvalue weighted by Gasteiger charge is 2.10. The van der Waals surface area contributed by atoms with Crippen LogP contribution in [0.5, 0.6) is 5.88 Å². The zero-order valence-corrected chi connectivity index (χ0v) is 12.1. The van der Waals surface area contributed by atoms with Gasteiger partial charge in [-0.1, -0.05) is 17.7 Å². The van der Waals surface area contributed by atoms with Crippen LogP contribution < -0.4 is 10.1 Å². The fourth-order valence-corrected chi connectivity index (χ4v) is 2.02. The van der Waals surface area contributed by atoms with E-state index in [9.17, 15) is 10.1 Å². The van der Waals surface area contributed by atoms with Crippen molar-refractivity contribution in [1.82, 2.24) is 4.98 Å². The first-order chi connectivity index (χ1) is 10.1. The van der Waals surface area contributed by atoms with Gasteiger partial charge in [-0.2, -0.15) is 0 Å². The Morgan fingerprint density at radius 3 is 2.90 bits per heavy atom. The molecule has 1 aromatic carbocycles. The van der Waals surface area contributed by atoms with Crippen LogP contribution in [0.3, 0.4) is 0 Å². The maximum Gasteiger partial charge on any atom is 0.271 e. The zero-order valence-electron chi connectivity index (χ0n) is 11.4. The van der Waals surface area contributed by atoms with Crippen molar-refractivity contribution in [2.75, 3.05) is 11.9 Å². The Labute approximate surface area is 126 Å². The number of halogens is 1. The van der Waals surface area contributed by atoms with Gasteiger partial charge in [0, 0.05) is 30.4 Å². The van der Waals surface area contributed by atoms with Crippen LogP contribution in [-0.2, 0) is 6.54 Å². The van der Waals surface area contributed by atoms with Gasteiger partial charge < -0.3 is 10.1 Å². The van der Waals surface area contributed by atoms with E-state index in [1.165, 1.54) is 12.1 Å². The lowest BCUT2D eigenvalue weighted by molar-refractivity contribution is -0.384. The fraction of sp³-hybridized carbons (Fsp3) is 0.214. The smallest absolute Gasteiger partial charge is 0.271 e. The van der Waals surface area contributed by atoms with E-state index < -0.39 is 4.92 Å². The second-order valence-corrected chi connectivity index (χ2v) is 4.58. The van der Waals surface area contributed by atoms with Crippen molar-refractivity contribution >= 4 is 23.0 Å². The molecular formula is C14H14ClN3O3. The first-order valence-corrected chi connectivity index (χ1v) is 6.74. The lowest BCUT2D eigenvalue weighted by Crippen LogP contribution is -2.05. The standard InChI is InChI=1S/C14H14ClN3O3/c1-2-21-14-10(4-3-7-16-14)9-17-13-6-5-11(18(19)20)8-12(13)15/h3-8,17H,2,9H2,1H3. The molecule has 0 saturated heterocycles. The predicted octanol–water partition coefficient (Wildman–Crippen LogP) is 3.65. The summed E-state index contributed by atoms with van der Waals surface area (Å²) >= 11 is 6.03. The Hall–Kier alpha value is -2.34. The van der Waals surface area contributed by atoms with Crippen molar-refractivity contribution in [3.8, 4) is 5.88 Å². The number of nitrogens with zero attached hydrogens (tertiary/aromatic N) is 2. The predicted molar refractivity (Wildman–Crippen MR) is 80.8 cm³/mol. The van der Waals surface area contributed by atoms with E-state index in [-0.39, 0.29) is 5.69 Å². The number of rotatable bonds is 6. The molecule has 0 radical (unpaired) electrons. The number of pyridine rings is 1. The van der Waals surface area contributed by atoms with Crippen LogP contribution >= 0.6 is 11.6 Å². The summed E-state index contributed by atoms with van der Waals surface area (Å²) in [6, 6.07) is 8.01. The van der Waals surface area contributed by atoms with Crippen molar-refractivity contribution in [2.24, 2.45) is 0 Å². The first-order valence-electron chi connectivity index (χ1n) is 6.36. The van der Waals surface area contributed by atoms with Gasteiger partial charge in [0.2, 0.25) is 5.88 Å². The molecule has 0 fully saturated rings. The van der Waals surface area contributed by atoms with Crippen molar-refractivity contribution in [3.05, 3.63) is 57.2 Å². The van der Waals surface area contributed by atoms with Gasteiger partial charge in [0.1, 0.15) is 0 Å². The molecule has 0 spiro atoms. The summed E-state index contributed by atoms with van der Waals surface area (Å²) in [5.41, 5.74) is 1.46. The van der Waals surface area contributed by atoms with Crippen LogP contribution in [0.2, 0.25) is 5.02 Å². The molecule has 0 bridgehead atoms. The highest BCUT2D eigenvalue weighted by Crippen LogP contribution is 2.27. The molecule has 0 amide bonds. The van der Waals surface area contributed by atoms with Gasteiger partial charge in [-0.05, 0) is 19.1 Å². The molecule has 21 heavy (non-hydrogen) atoms. The second kappa shape index (κ2) is 6.90. The second-order valence-electron chi connectivity index (χ2n) is 4.18. The minimum absolute atomic E-state index is 0.0399. The lowest BCUT2D eigenvalue weighted by Gasteiger charge is -2.11. The number of ether oxygens (including phenoxy) is 1. The molecule has 2 rings (SSSR count). The van der Waals surface area contributed by atoms with Gasteiger partial charge in [0.15, 0.2) is 0 Å². The molecule has 0 aliphatic heterocycles. The van der Waals surface area contributed by atoms with Crippen LogP contribution in [-0.4, -0.2) is 16.5 Å². The highest BCUT2D eigenvalue weighted by molar-refractivity contribution is 6.33. The Bertz CT molecular complexity index is 649. The van der Waals surface area contributed by atoms with E-state index in [1.807, 2.05) is 19.1 Å². The largest absolute Gasteiger partial charge is 0.478 e. The zero-order chi connectivity index (χ0) is 15.2. The average molecular weight is 308 g/mol. The highest BCUT2D eigenvalue weighted by atomic mass is 35.5. The Balaban J connectivity index is 2.11. The molecule has 6 nitrogen and oxygen atoms in total.